The fourth-order valence-corrected chi connectivity index (χ4v) is 4.10. The lowest BCUT2D eigenvalue weighted by Gasteiger charge is -2.18. The highest BCUT2D eigenvalue weighted by Gasteiger charge is 2.52. The molecule has 1 aromatic carbocycles. The van der Waals surface area contributed by atoms with Gasteiger partial charge in [0.25, 0.3) is 0 Å². The Morgan fingerprint density at radius 3 is 2.38 bits per heavy atom. The lowest BCUT2D eigenvalue weighted by molar-refractivity contribution is -0.137. The lowest BCUT2D eigenvalue weighted by atomic mass is 9.88. The van der Waals surface area contributed by atoms with Crippen molar-refractivity contribution < 1.29 is 18.0 Å². The van der Waals surface area contributed by atoms with Gasteiger partial charge in [0.1, 0.15) is 5.54 Å². The first kappa shape index (κ1) is 19.5. The summed E-state index contributed by atoms with van der Waals surface area (Å²) < 4.78 is 38.4. The van der Waals surface area contributed by atoms with E-state index in [2.05, 4.69) is 15.3 Å². The molecule has 152 valence electrons. The van der Waals surface area contributed by atoms with Crippen molar-refractivity contribution in [2.45, 2.75) is 57.3 Å². The predicted octanol–water partition coefficient (Wildman–Crippen LogP) is 4.09. The van der Waals surface area contributed by atoms with Gasteiger partial charge in [-0.2, -0.15) is 13.2 Å². The van der Waals surface area contributed by atoms with Gasteiger partial charge in [-0.1, -0.05) is 12.1 Å². The van der Waals surface area contributed by atoms with Crippen LogP contribution in [0, 0.1) is 6.92 Å². The van der Waals surface area contributed by atoms with Gasteiger partial charge < -0.3 is 5.32 Å². The number of nitrogens with one attached hydrogen (secondary N) is 1. The summed E-state index contributed by atoms with van der Waals surface area (Å²) in [4.78, 5) is 26.2. The van der Waals surface area contributed by atoms with Gasteiger partial charge in [-0.25, -0.2) is 9.97 Å². The number of rotatable bonds is 2. The molecule has 0 radical (unpaired) electrons. The van der Waals surface area contributed by atoms with Gasteiger partial charge in [-0.05, 0) is 51.8 Å². The zero-order chi connectivity index (χ0) is 21.0. The van der Waals surface area contributed by atoms with Crippen LogP contribution in [0.25, 0.3) is 11.3 Å². The molecule has 1 fully saturated rings. The van der Waals surface area contributed by atoms with Gasteiger partial charge in [-0.15, -0.1) is 0 Å². The molecule has 4 rings (SSSR count). The molecule has 2 aliphatic heterocycles. The number of aryl methyl sites for hydroxylation is 1. The highest BCUT2D eigenvalue weighted by molar-refractivity contribution is 6.04. The molecule has 29 heavy (non-hydrogen) atoms. The smallest absolute Gasteiger partial charge is 0.349 e. The fourth-order valence-electron chi connectivity index (χ4n) is 4.10. The Labute approximate surface area is 166 Å². The van der Waals surface area contributed by atoms with Crippen LogP contribution < -0.4 is 5.32 Å². The van der Waals surface area contributed by atoms with Gasteiger partial charge in [0, 0.05) is 23.2 Å². The number of hydrogen-bond donors (Lipinski definition) is 1. The number of carbonyl (C=O) groups is 1. The summed E-state index contributed by atoms with van der Waals surface area (Å²) in [6.07, 6.45) is -2.59. The maximum atomic E-state index is 12.8. The third-order valence-corrected chi connectivity index (χ3v) is 5.35. The second-order valence-electron chi connectivity index (χ2n) is 8.40. The molecule has 5 nitrogen and oxygen atoms in total. The summed E-state index contributed by atoms with van der Waals surface area (Å²) in [6.45, 7) is 5.74. The number of benzene rings is 1. The van der Waals surface area contributed by atoms with Crippen molar-refractivity contribution in [3.05, 3.63) is 47.4 Å². The van der Waals surface area contributed by atoms with E-state index in [4.69, 9.17) is 4.99 Å². The summed E-state index contributed by atoms with van der Waals surface area (Å²) in [6, 6.07) is 6.61. The maximum absolute atomic E-state index is 12.8. The minimum Gasteiger partial charge on any atom is -0.349 e. The van der Waals surface area contributed by atoms with Crippen LogP contribution in [0.2, 0.25) is 0 Å². The number of hydrogen-bond acceptors (Lipinski definition) is 4. The molecule has 3 heterocycles. The van der Waals surface area contributed by atoms with Crippen molar-refractivity contribution in [2.24, 2.45) is 4.99 Å². The summed E-state index contributed by atoms with van der Waals surface area (Å²) >= 11 is 0. The summed E-state index contributed by atoms with van der Waals surface area (Å²) in [7, 11) is 0. The molecule has 0 saturated carbocycles. The third-order valence-electron chi connectivity index (χ3n) is 5.35. The van der Waals surface area contributed by atoms with Crippen LogP contribution in [-0.2, 0) is 11.0 Å². The minimum absolute atomic E-state index is 0.0758. The number of carbonyl (C=O) groups excluding carboxylic acids is 1. The Kier molecular flexibility index (Phi) is 4.29. The van der Waals surface area contributed by atoms with Gasteiger partial charge in [0.05, 0.1) is 17.0 Å². The predicted molar refractivity (Wildman–Crippen MR) is 103 cm³/mol. The molecule has 0 bridgehead atoms. The van der Waals surface area contributed by atoms with Crippen LogP contribution in [0.3, 0.4) is 0 Å². The lowest BCUT2D eigenvalue weighted by Crippen LogP contribution is -2.36. The fraction of sp³-hybridized carbons (Fsp3) is 0.429. The Bertz CT molecular complexity index is 1010. The summed E-state index contributed by atoms with van der Waals surface area (Å²) in [5, 5.41) is 2.99. The number of aromatic nitrogens is 2. The van der Waals surface area contributed by atoms with Crippen LogP contribution in [0.15, 0.2) is 35.3 Å². The monoisotopic (exact) mass is 402 g/mol. The standard InChI is InChI=1S/C21H21F3N4O/c1-12-10-16(13-4-6-14(7-5-13)21(22,23)24)26-17(25-12)15-8-9-20(27-15)11-19(2,3)28-18(20)29/h4-7,10H,8-9,11H2,1-3H3,(H,28,29)/t20-/m0/s1. The van der Waals surface area contributed by atoms with Gasteiger partial charge in [0.2, 0.25) is 5.91 Å². The Morgan fingerprint density at radius 1 is 1.10 bits per heavy atom. The van der Waals surface area contributed by atoms with Gasteiger partial charge >= 0.3 is 6.18 Å². The van der Waals surface area contributed by atoms with E-state index >= 15 is 0 Å². The first-order valence-corrected chi connectivity index (χ1v) is 9.43. The van der Waals surface area contributed by atoms with E-state index in [-0.39, 0.29) is 11.4 Å². The average molecular weight is 402 g/mol. The van der Waals surface area contributed by atoms with E-state index in [1.54, 1.807) is 13.0 Å². The van der Waals surface area contributed by atoms with Crippen LogP contribution in [0.1, 0.15) is 50.2 Å². The zero-order valence-corrected chi connectivity index (χ0v) is 16.4. The normalized spacial score (nSPS) is 23.4. The highest BCUT2D eigenvalue weighted by atomic mass is 19.4. The molecule has 1 aromatic heterocycles. The average Bonchev–Trinajstić information content (AvgIpc) is 3.14. The van der Waals surface area contributed by atoms with Crippen LogP contribution in [0.5, 0.6) is 0 Å². The zero-order valence-electron chi connectivity index (χ0n) is 16.4. The topological polar surface area (TPSA) is 67.2 Å². The van der Waals surface area contributed by atoms with Crippen molar-refractivity contribution in [3.8, 4) is 11.3 Å². The van der Waals surface area contributed by atoms with Crippen molar-refractivity contribution in [1.82, 2.24) is 15.3 Å². The maximum Gasteiger partial charge on any atom is 0.416 e. The first-order chi connectivity index (χ1) is 13.5. The molecular formula is C21H21F3N4O. The Hall–Kier alpha value is -2.77. The van der Waals surface area contributed by atoms with E-state index in [1.807, 2.05) is 13.8 Å². The largest absolute Gasteiger partial charge is 0.416 e. The SMILES string of the molecule is Cc1cc(-c2ccc(C(F)(F)F)cc2)nc(C2=N[C@@]3(CC2)CC(C)(C)NC3=O)n1. The molecule has 1 amide bonds. The van der Waals surface area contributed by atoms with E-state index in [9.17, 15) is 18.0 Å². The third kappa shape index (κ3) is 3.63. The number of amides is 1. The number of aliphatic imine (C=N–C) groups is 1. The molecule has 0 unspecified atom stereocenters. The quantitative estimate of drug-likeness (QED) is 0.823. The van der Waals surface area contributed by atoms with Crippen LogP contribution >= 0.6 is 0 Å². The highest BCUT2D eigenvalue weighted by Crippen LogP contribution is 2.40. The van der Waals surface area contributed by atoms with Crippen molar-refractivity contribution in [2.75, 3.05) is 0 Å². The van der Waals surface area contributed by atoms with E-state index in [0.29, 0.717) is 47.7 Å². The van der Waals surface area contributed by atoms with Gasteiger partial charge in [0.15, 0.2) is 5.82 Å². The summed E-state index contributed by atoms with van der Waals surface area (Å²) in [5.74, 6) is 0.349. The first-order valence-electron chi connectivity index (χ1n) is 9.43. The Morgan fingerprint density at radius 2 is 1.79 bits per heavy atom. The van der Waals surface area contributed by atoms with E-state index in [1.165, 1.54) is 12.1 Å². The molecular weight excluding hydrogens is 381 g/mol. The molecule has 1 N–H and O–H groups in total. The van der Waals surface area contributed by atoms with Crippen LogP contribution in [-0.4, -0.2) is 32.7 Å². The number of nitrogens with zero attached hydrogens (tertiary/aromatic N) is 3. The number of halogens is 3. The minimum atomic E-state index is -4.38. The molecule has 0 aliphatic carbocycles. The van der Waals surface area contributed by atoms with Crippen molar-refractivity contribution in [3.63, 3.8) is 0 Å². The van der Waals surface area contributed by atoms with Crippen LogP contribution in [0.4, 0.5) is 13.2 Å². The molecule has 2 aromatic rings. The molecule has 1 spiro atoms. The summed E-state index contributed by atoms with van der Waals surface area (Å²) in [5.41, 5.74) is 0.651. The molecule has 1 saturated heterocycles. The second-order valence-corrected chi connectivity index (χ2v) is 8.40. The molecule has 1 atom stereocenters. The Balaban J connectivity index is 1.68. The van der Waals surface area contributed by atoms with E-state index in [0.717, 1.165) is 12.1 Å². The number of alkyl halides is 3. The van der Waals surface area contributed by atoms with Crippen molar-refractivity contribution in [1.29, 1.82) is 0 Å². The molecule has 8 heteroatoms. The second kappa shape index (κ2) is 6.37. The van der Waals surface area contributed by atoms with Gasteiger partial charge in [-0.3, -0.25) is 9.79 Å². The van der Waals surface area contributed by atoms with E-state index < -0.39 is 17.3 Å². The van der Waals surface area contributed by atoms with Crippen molar-refractivity contribution >= 4 is 11.6 Å². The molecule has 2 aliphatic rings.